The highest BCUT2D eigenvalue weighted by Crippen LogP contribution is 2.45. The quantitative estimate of drug-likeness (QED) is 0.856. The molecule has 0 spiro atoms. The van der Waals surface area contributed by atoms with Crippen LogP contribution in [0.15, 0.2) is 0 Å². The van der Waals surface area contributed by atoms with E-state index < -0.39 is 5.97 Å². The molecule has 1 aromatic heterocycles. The molecule has 6 nitrogen and oxygen atoms in total. The van der Waals surface area contributed by atoms with Crippen LogP contribution in [-0.2, 0) is 4.74 Å². The Kier molecular flexibility index (Phi) is 4.95. The van der Waals surface area contributed by atoms with Crippen molar-refractivity contribution in [2.45, 2.75) is 19.4 Å². The zero-order valence-corrected chi connectivity index (χ0v) is 13.8. The van der Waals surface area contributed by atoms with Crippen molar-refractivity contribution in [1.29, 1.82) is 0 Å². The van der Waals surface area contributed by atoms with Crippen molar-refractivity contribution in [2.24, 2.45) is 0 Å². The number of nitrogens with two attached hydrogens (primary N) is 1. The number of nitrogens with zero attached hydrogens (tertiary/aromatic N) is 2. The van der Waals surface area contributed by atoms with E-state index in [0.717, 1.165) is 31.1 Å². The maximum Gasteiger partial charge on any atom is 0.350 e. The number of anilines is 2. The molecule has 1 aliphatic rings. The maximum absolute atomic E-state index is 11.8. The summed E-state index contributed by atoms with van der Waals surface area (Å²) >= 11 is 1.35. The molecule has 2 N–H and O–H groups in total. The minimum absolute atomic E-state index is 0.329. The molecule has 2 rings (SSSR count). The Bertz CT molecular complexity index is 518. The van der Waals surface area contributed by atoms with Crippen molar-refractivity contribution < 1.29 is 14.3 Å². The number of hydrogen-bond donors (Lipinski definition) is 1. The third-order valence-electron chi connectivity index (χ3n) is 3.76. The van der Waals surface area contributed by atoms with E-state index in [9.17, 15) is 4.79 Å². The third kappa shape index (κ3) is 3.08. The Labute approximate surface area is 129 Å². The minimum atomic E-state index is -0.415. The number of hydrogen-bond acceptors (Lipinski definition) is 7. The van der Waals surface area contributed by atoms with E-state index in [1.54, 1.807) is 7.11 Å². The molecule has 0 amide bonds. The summed E-state index contributed by atoms with van der Waals surface area (Å²) in [6, 6.07) is 0.329. The number of thiophene rings is 1. The summed E-state index contributed by atoms with van der Waals surface area (Å²) in [5, 5.41) is 0.915. The van der Waals surface area contributed by atoms with Crippen molar-refractivity contribution in [1.82, 2.24) is 4.90 Å². The fourth-order valence-corrected chi connectivity index (χ4v) is 3.96. The molecule has 118 valence electrons. The molecular formula is C14H23N3O3S. The van der Waals surface area contributed by atoms with Crippen molar-refractivity contribution >= 4 is 28.0 Å². The van der Waals surface area contributed by atoms with E-state index in [1.807, 2.05) is 0 Å². The molecule has 0 aliphatic carbocycles. The molecule has 0 radical (unpaired) electrons. The Morgan fingerprint density at radius 1 is 1.38 bits per heavy atom. The van der Waals surface area contributed by atoms with Gasteiger partial charge in [-0.3, -0.25) is 0 Å². The molecule has 1 atom stereocenters. The van der Waals surface area contributed by atoms with Crippen LogP contribution < -0.4 is 15.4 Å². The van der Waals surface area contributed by atoms with Crippen LogP contribution in [0.4, 0.5) is 10.7 Å². The van der Waals surface area contributed by atoms with Gasteiger partial charge in [0.05, 0.1) is 14.2 Å². The van der Waals surface area contributed by atoms with Crippen LogP contribution in [0, 0.1) is 0 Å². The van der Waals surface area contributed by atoms with Crippen LogP contribution in [-0.4, -0.2) is 57.8 Å². The van der Waals surface area contributed by atoms with E-state index in [2.05, 4.69) is 23.8 Å². The standard InChI is InChI=1S/C14H23N3O3S/c1-9-8-16(2)6-5-7-17(9)13-11(19-3)10(15)12(21-13)14(18)20-4/h9H,5-8,15H2,1-4H3. The van der Waals surface area contributed by atoms with Gasteiger partial charge < -0.3 is 25.0 Å². The van der Waals surface area contributed by atoms with Gasteiger partial charge in [0.25, 0.3) is 0 Å². The number of likely N-dealkylation sites (N-methyl/N-ethyl adjacent to an activating group) is 1. The summed E-state index contributed by atoms with van der Waals surface area (Å²) in [6.45, 7) is 5.12. The Balaban J connectivity index is 2.40. The number of carbonyl (C=O) groups is 1. The van der Waals surface area contributed by atoms with Crippen LogP contribution in [0.1, 0.15) is 23.0 Å². The van der Waals surface area contributed by atoms with Gasteiger partial charge in [-0.1, -0.05) is 0 Å². The lowest BCUT2D eigenvalue weighted by atomic mass is 10.2. The monoisotopic (exact) mass is 313 g/mol. The van der Waals surface area contributed by atoms with E-state index in [0.29, 0.717) is 22.4 Å². The van der Waals surface area contributed by atoms with Crippen molar-refractivity contribution in [3.8, 4) is 5.75 Å². The van der Waals surface area contributed by atoms with Gasteiger partial charge in [0, 0.05) is 19.1 Å². The van der Waals surface area contributed by atoms with Gasteiger partial charge in [0.15, 0.2) is 5.75 Å². The molecule has 1 unspecified atom stereocenters. The van der Waals surface area contributed by atoms with Crippen LogP contribution >= 0.6 is 11.3 Å². The molecule has 1 aliphatic heterocycles. The molecule has 21 heavy (non-hydrogen) atoms. The highest BCUT2D eigenvalue weighted by Gasteiger charge is 2.29. The fraction of sp³-hybridized carbons (Fsp3) is 0.643. The second kappa shape index (κ2) is 6.53. The van der Waals surface area contributed by atoms with Crippen LogP contribution in [0.25, 0.3) is 0 Å². The first-order valence-corrected chi connectivity index (χ1v) is 7.81. The topological polar surface area (TPSA) is 68.0 Å². The van der Waals surface area contributed by atoms with Gasteiger partial charge in [0.1, 0.15) is 15.6 Å². The molecule has 1 saturated heterocycles. The smallest absolute Gasteiger partial charge is 0.350 e. The highest BCUT2D eigenvalue weighted by molar-refractivity contribution is 7.19. The molecular weight excluding hydrogens is 290 g/mol. The summed E-state index contributed by atoms with van der Waals surface area (Å²) in [5.74, 6) is 0.165. The molecule has 0 aromatic carbocycles. The summed E-state index contributed by atoms with van der Waals surface area (Å²) in [4.78, 5) is 16.8. The van der Waals surface area contributed by atoms with Crippen molar-refractivity contribution in [3.05, 3.63) is 4.88 Å². The fourth-order valence-electron chi connectivity index (χ4n) is 2.72. The van der Waals surface area contributed by atoms with Gasteiger partial charge >= 0.3 is 5.97 Å². The lowest BCUT2D eigenvalue weighted by molar-refractivity contribution is 0.0607. The van der Waals surface area contributed by atoms with Crippen molar-refractivity contribution in [2.75, 3.05) is 51.5 Å². The number of rotatable bonds is 3. The van der Waals surface area contributed by atoms with Gasteiger partial charge in [0.2, 0.25) is 0 Å². The van der Waals surface area contributed by atoms with Gasteiger partial charge in [-0.15, -0.1) is 11.3 Å². The molecule has 7 heteroatoms. The Morgan fingerprint density at radius 3 is 2.71 bits per heavy atom. The lowest BCUT2D eigenvalue weighted by Gasteiger charge is -2.29. The average molecular weight is 313 g/mol. The minimum Gasteiger partial charge on any atom is -0.492 e. The average Bonchev–Trinajstić information content (AvgIpc) is 2.68. The van der Waals surface area contributed by atoms with Crippen molar-refractivity contribution in [3.63, 3.8) is 0 Å². The maximum atomic E-state index is 11.8. The van der Waals surface area contributed by atoms with E-state index in [-0.39, 0.29) is 0 Å². The zero-order valence-electron chi connectivity index (χ0n) is 13.0. The summed E-state index contributed by atoms with van der Waals surface area (Å²) in [7, 11) is 5.06. The molecule has 2 heterocycles. The predicted octanol–water partition coefficient (Wildman–Crippen LogP) is 1.66. The van der Waals surface area contributed by atoms with Crippen LogP contribution in [0.2, 0.25) is 0 Å². The molecule has 1 fully saturated rings. The highest BCUT2D eigenvalue weighted by atomic mass is 32.1. The lowest BCUT2D eigenvalue weighted by Crippen LogP contribution is -2.37. The normalized spacial score (nSPS) is 20.2. The summed E-state index contributed by atoms with van der Waals surface area (Å²) in [6.07, 6.45) is 1.06. The zero-order chi connectivity index (χ0) is 15.6. The second-order valence-electron chi connectivity index (χ2n) is 5.33. The summed E-state index contributed by atoms with van der Waals surface area (Å²) in [5.41, 5.74) is 6.43. The summed E-state index contributed by atoms with van der Waals surface area (Å²) < 4.78 is 10.2. The molecule has 1 aromatic rings. The number of nitrogen functional groups attached to an aromatic ring is 1. The number of ether oxygens (including phenoxy) is 2. The first kappa shape index (κ1) is 15.9. The van der Waals surface area contributed by atoms with Gasteiger partial charge in [-0.25, -0.2) is 4.79 Å². The predicted molar refractivity (Wildman–Crippen MR) is 85.5 cm³/mol. The van der Waals surface area contributed by atoms with E-state index in [4.69, 9.17) is 15.2 Å². The number of carbonyl (C=O) groups excluding carboxylic acids is 1. The second-order valence-corrected chi connectivity index (χ2v) is 6.33. The number of esters is 1. The first-order valence-electron chi connectivity index (χ1n) is 6.99. The molecule has 0 bridgehead atoms. The number of methoxy groups -OCH3 is 2. The third-order valence-corrected chi connectivity index (χ3v) is 4.97. The first-order chi connectivity index (χ1) is 9.99. The Morgan fingerprint density at radius 2 is 2.10 bits per heavy atom. The molecule has 0 saturated carbocycles. The Hall–Kier alpha value is -1.47. The van der Waals surface area contributed by atoms with E-state index in [1.165, 1.54) is 18.4 Å². The van der Waals surface area contributed by atoms with Gasteiger partial charge in [-0.2, -0.15) is 0 Å². The largest absolute Gasteiger partial charge is 0.492 e. The van der Waals surface area contributed by atoms with E-state index >= 15 is 0 Å². The van der Waals surface area contributed by atoms with Gasteiger partial charge in [-0.05, 0) is 26.9 Å². The SMILES string of the molecule is COC(=O)c1sc(N2CCCN(C)CC2C)c(OC)c1N. The van der Waals surface area contributed by atoms with Crippen LogP contribution in [0.3, 0.4) is 0 Å². The van der Waals surface area contributed by atoms with Crippen LogP contribution in [0.5, 0.6) is 5.75 Å².